The van der Waals surface area contributed by atoms with Crippen LogP contribution in [0.5, 0.6) is 0 Å². The van der Waals surface area contributed by atoms with E-state index in [1.165, 1.54) is 0 Å². The predicted octanol–water partition coefficient (Wildman–Crippen LogP) is 2.19. The SMILES string of the molecule is CCCNc1cnc(C(C)C)nc1C(=O)NC(C)COC. The van der Waals surface area contributed by atoms with Gasteiger partial charge in [-0.3, -0.25) is 4.79 Å². The van der Waals surface area contributed by atoms with Gasteiger partial charge in [0.2, 0.25) is 0 Å². The lowest BCUT2D eigenvalue weighted by Crippen LogP contribution is -2.36. The van der Waals surface area contributed by atoms with Crippen LogP contribution in [0.25, 0.3) is 0 Å². The molecular weight excluding hydrogens is 268 g/mol. The van der Waals surface area contributed by atoms with Gasteiger partial charge in [0.25, 0.3) is 5.91 Å². The largest absolute Gasteiger partial charge is 0.383 e. The quantitative estimate of drug-likeness (QED) is 0.768. The monoisotopic (exact) mass is 294 g/mol. The van der Waals surface area contributed by atoms with Crippen molar-refractivity contribution in [2.24, 2.45) is 0 Å². The average Bonchev–Trinajstić information content (AvgIpc) is 2.44. The van der Waals surface area contributed by atoms with Gasteiger partial charge in [0.15, 0.2) is 5.69 Å². The summed E-state index contributed by atoms with van der Waals surface area (Å²) in [4.78, 5) is 21.1. The fraction of sp³-hybridized carbons (Fsp3) is 0.667. The highest BCUT2D eigenvalue weighted by Crippen LogP contribution is 2.16. The molecule has 1 atom stereocenters. The van der Waals surface area contributed by atoms with Crippen molar-refractivity contribution in [1.82, 2.24) is 15.3 Å². The standard InChI is InChI=1S/C15H26N4O2/c1-6-7-16-12-8-17-14(10(2)3)19-13(12)15(20)18-11(4)9-21-5/h8,10-11,16H,6-7,9H2,1-5H3,(H,18,20). The van der Waals surface area contributed by atoms with E-state index in [0.717, 1.165) is 13.0 Å². The van der Waals surface area contributed by atoms with E-state index in [9.17, 15) is 4.79 Å². The third-order valence-electron chi connectivity index (χ3n) is 2.90. The Hall–Kier alpha value is -1.69. The van der Waals surface area contributed by atoms with Gasteiger partial charge < -0.3 is 15.4 Å². The first-order chi connectivity index (χ1) is 9.99. The van der Waals surface area contributed by atoms with Gasteiger partial charge in [-0.05, 0) is 13.3 Å². The smallest absolute Gasteiger partial charge is 0.272 e. The summed E-state index contributed by atoms with van der Waals surface area (Å²) in [5.74, 6) is 0.636. The summed E-state index contributed by atoms with van der Waals surface area (Å²) >= 11 is 0. The lowest BCUT2D eigenvalue weighted by molar-refractivity contribution is 0.0901. The van der Waals surface area contributed by atoms with Gasteiger partial charge in [0, 0.05) is 25.6 Å². The summed E-state index contributed by atoms with van der Waals surface area (Å²) in [5, 5.41) is 6.08. The molecule has 2 N–H and O–H groups in total. The van der Waals surface area contributed by atoms with Crippen LogP contribution < -0.4 is 10.6 Å². The van der Waals surface area contributed by atoms with Crippen LogP contribution in [0.4, 0.5) is 5.69 Å². The highest BCUT2D eigenvalue weighted by atomic mass is 16.5. The maximum atomic E-state index is 12.4. The summed E-state index contributed by atoms with van der Waals surface area (Å²) < 4.78 is 5.03. The Kier molecular flexibility index (Phi) is 7.08. The number of methoxy groups -OCH3 is 1. The Bertz CT molecular complexity index is 463. The number of amides is 1. The Morgan fingerprint density at radius 3 is 2.67 bits per heavy atom. The van der Waals surface area contributed by atoms with Crippen LogP contribution in [-0.2, 0) is 4.74 Å². The lowest BCUT2D eigenvalue weighted by atomic mass is 10.2. The normalized spacial score (nSPS) is 12.3. The van der Waals surface area contributed by atoms with Gasteiger partial charge in [-0.25, -0.2) is 9.97 Å². The van der Waals surface area contributed by atoms with E-state index < -0.39 is 0 Å². The molecule has 0 fully saturated rings. The molecule has 118 valence electrons. The molecule has 0 radical (unpaired) electrons. The van der Waals surface area contributed by atoms with E-state index >= 15 is 0 Å². The minimum absolute atomic E-state index is 0.0704. The molecule has 1 amide bonds. The number of rotatable bonds is 8. The number of carbonyl (C=O) groups is 1. The van der Waals surface area contributed by atoms with Gasteiger partial charge in [0.05, 0.1) is 18.5 Å². The zero-order chi connectivity index (χ0) is 15.8. The summed E-state index contributed by atoms with van der Waals surface area (Å²) in [7, 11) is 1.61. The van der Waals surface area contributed by atoms with E-state index in [0.29, 0.717) is 23.8 Å². The zero-order valence-corrected chi connectivity index (χ0v) is 13.6. The highest BCUT2D eigenvalue weighted by molar-refractivity contribution is 5.97. The molecule has 1 heterocycles. The first-order valence-corrected chi connectivity index (χ1v) is 7.40. The number of anilines is 1. The van der Waals surface area contributed by atoms with Gasteiger partial charge in [-0.1, -0.05) is 20.8 Å². The van der Waals surface area contributed by atoms with Gasteiger partial charge in [-0.15, -0.1) is 0 Å². The van der Waals surface area contributed by atoms with Crippen molar-refractivity contribution in [1.29, 1.82) is 0 Å². The predicted molar refractivity (Wildman–Crippen MR) is 83.7 cm³/mol. The molecule has 0 bridgehead atoms. The number of carbonyl (C=O) groups excluding carboxylic acids is 1. The Balaban J connectivity index is 2.98. The minimum Gasteiger partial charge on any atom is -0.383 e. The maximum absolute atomic E-state index is 12.4. The second-order valence-electron chi connectivity index (χ2n) is 5.40. The third kappa shape index (κ3) is 5.30. The number of nitrogens with one attached hydrogen (secondary N) is 2. The first kappa shape index (κ1) is 17.4. The molecule has 0 aliphatic carbocycles. The van der Waals surface area contributed by atoms with Crippen LogP contribution in [-0.4, -0.2) is 42.2 Å². The van der Waals surface area contributed by atoms with E-state index in [2.05, 4.69) is 27.5 Å². The van der Waals surface area contributed by atoms with Crippen molar-refractivity contribution in [2.45, 2.75) is 46.1 Å². The Morgan fingerprint density at radius 2 is 2.10 bits per heavy atom. The summed E-state index contributed by atoms with van der Waals surface area (Å²) in [6, 6.07) is -0.0704. The molecule has 1 aromatic rings. The lowest BCUT2D eigenvalue weighted by Gasteiger charge is -2.16. The summed E-state index contributed by atoms with van der Waals surface area (Å²) in [6.45, 7) is 9.21. The molecule has 21 heavy (non-hydrogen) atoms. The van der Waals surface area contributed by atoms with Crippen LogP contribution >= 0.6 is 0 Å². The molecule has 1 aromatic heterocycles. The van der Waals surface area contributed by atoms with Crippen LogP contribution in [0.3, 0.4) is 0 Å². The van der Waals surface area contributed by atoms with Crippen molar-refractivity contribution in [2.75, 3.05) is 25.6 Å². The molecule has 0 saturated heterocycles. The highest BCUT2D eigenvalue weighted by Gasteiger charge is 2.18. The van der Waals surface area contributed by atoms with Crippen LogP contribution in [0.2, 0.25) is 0 Å². The molecule has 0 spiro atoms. The molecule has 1 unspecified atom stereocenters. The van der Waals surface area contributed by atoms with Crippen molar-refractivity contribution in [3.63, 3.8) is 0 Å². The fourth-order valence-electron chi connectivity index (χ4n) is 1.82. The molecule has 0 aliphatic rings. The second-order valence-corrected chi connectivity index (χ2v) is 5.40. The number of hydrogen-bond acceptors (Lipinski definition) is 5. The number of nitrogens with zero attached hydrogens (tertiary/aromatic N) is 2. The van der Waals surface area contributed by atoms with E-state index in [1.54, 1.807) is 13.3 Å². The Morgan fingerprint density at radius 1 is 1.38 bits per heavy atom. The van der Waals surface area contributed by atoms with E-state index in [1.807, 2.05) is 20.8 Å². The van der Waals surface area contributed by atoms with Crippen LogP contribution in [0.15, 0.2) is 6.20 Å². The molecule has 0 aliphatic heterocycles. The van der Waals surface area contributed by atoms with Crippen molar-refractivity contribution < 1.29 is 9.53 Å². The minimum atomic E-state index is -0.206. The van der Waals surface area contributed by atoms with Crippen molar-refractivity contribution in [3.05, 3.63) is 17.7 Å². The van der Waals surface area contributed by atoms with E-state index in [4.69, 9.17) is 4.74 Å². The summed E-state index contributed by atoms with van der Waals surface area (Å²) in [6.07, 6.45) is 2.65. The van der Waals surface area contributed by atoms with Crippen molar-refractivity contribution in [3.8, 4) is 0 Å². The number of ether oxygens (including phenoxy) is 1. The first-order valence-electron chi connectivity index (χ1n) is 7.40. The van der Waals surface area contributed by atoms with Gasteiger partial charge in [-0.2, -0.15) is 0 Å². The van der Waals surface area contributed by atoms with Gasteiger partial charge >= 0.3 is 0 Å². The van der Waals surface area contributed by atoms with Crippen LogP contribution in [0.1, 0.15) is 56.3 Å². The topological polar surface area (TPSA) is 76.1 Å². The average molecular weight is 294 g/mol. The summed E-state index contributed by atoms with van der Waals surface area (Å²) in [5.41, 5.74) is 1.06. The maximum Gasteiger partial charge on any atom is 0.272 e. The Labute approximate surface area is 126 Å². The van der Waals surface area contributed by atoms with E-state index in [-0.39, 0.29) is 17.9 Å². The second kappa shape index (κ2) is 8.56. The number of aromatic nitrogens is 2. The molecular formula is C15H26N4O2. The van der Waals surface area contributed by atoms with Gasteiger partial charge in [0.1, 0.15) is 5.82 Å². The molecule has 0 saturated carbocycles. The van der Waals surface area contributed by atoms with Crippen molar-refractivity contribution >= 4 is 11.6 Å². The molecule has 6 heteroatoms. The third-order valence-corrected chi connectivity index (χ3v) is 2.90. The molecule has 0 aromatic carbocycles. The molecule has 1 rings (SSSR count). The van der Waals surface area contributed by atoms with Crippen LogP contribution in [0, 0.1) is 0 Å². The fourth-order valence-corrected chi connectivity index (χ4v) is 1.82. The zero-order valence-electron chi connectivity index (χ0n) is 13.6. The number of hydrogen-bond donors (Lipinski definition) is 2. The molecule has 6 nitrogen and oxygen atoms in total.